The van der Waals surface area contributed by atoms with Gasteiger partial charge in [-0.1, -0.05) is 34.6 Å². The van der Waals surface area contributed by atoms with Crippen LogP contribution in [0.25, 0.3) is 0 Å². The first-order valence-corrected chi connectivity index (χ1v) is 7.25. The van der Waals surface area contributed by atoms with Crippen LogP contribution in [0.5, 0.6) is 0 Å². The van der Waals surface area contributed by atoms with Crippen LogP contribution in [0.3, 0.4) is 0 Å². The van der Waals surface area contributed by atoms with Gasteiger partial charge in [0.1, 0.15) is 0 Å². The highest BCUT2D eigenvalue weighted by molar-refractivity contribution is 7.92. The van der Waals surface area contributed by atoms with Gasteiger partial charge in [0.15, 0.2) is 9.84 Å². The Balaban J connectivity index is 4.87. The second-order valence-electron chi connectivity index (χ2n) is 6.67. The molecule has 0 atom stereocenters. The Morgan fingerprint density at radius 1 is 1.00 bits per heavy atom. The fraction of sp³-hybridized carbons (Fsp3) is 1.00. The van der Waals surface area contributed by atoms with E-state index < -0.39 is 14.6 Å². The van der Waals surface area contributed by atoms with E-state index in [1.54, 1.807) is 0 Å². The second kappa shape index (κ2) is 4.44. The van der Waals surface area contributed by atoms with E-state index in [0.717, 1.165) is 0 Å². The lowest BCUT2D eigenvalue weighted by molar-refractivity contribution is 0.328. The molecular weight excluding hydrogens is 208 g/mol. The van der Waals surface area contributed by atoms with Crippen LogP contribution in [0.15, 0.2) is 0 Å². The molecule has 0 unspecified atom stereocenters. The molecule has 0 spiro atoms. The Kier molecular flexibility index (Phi) is 4.43. The fourth-order valence-electron chi connectivity index (χ4n) is 2.05. The summed E-state index contributed by atoms with van der Waals surface area (Å²) in [6.07, 6.45) is 0.703. The molecule has 0 rings (SSSR count). The molecule has 0 bridgehead atoms. The molecule has 0 radical (unpaired) electrons. The second-order valence-corrected chi connectivity index (χ2v) is 9.34. The van der Waals surface area contributed by atoms with Crippen molar-refractivity contribution in [3.05, 3.63) is 0 Å². The Hall–Kier alpha value is -0.0500. The molecule has 0 heterocycles. The van der Waals surface area contributed by atoms with Gasteiger partial charge in [0, 0.05) is 0 Å². The average molecular weight is 234 g/mol. The van der Waals surface area contributed by atoms with Gasteiger partial charge in [0.2, 0.25) is 0 Å². The molecule has 0 amide bonds. The van der Waals surface area contributed by atoms with E-state index in [4.69, 9.17) is 0 Å². The van der Waals surface area contributed by atoms with Crippen molar-refractivity contribution in [1.29, 1.82) is 0 Å². The molecule has 0 aromatic carbocycles. The summed E-state index contributed by atoms with van der Waals surface area (Å²) in [5.41, 5.74) is 0.0492. The molecule has 92 valence electrons. The van der Waals surface area contributed by atoms with E-state index in [1.165, 1.54) is 0 Å². The molecule has 0 aliphatic carbocycles. The molecule has 0 N–H and O–H groups in total. The van der Waals surface area contributed by atoms with E-state index in [2.05, 4.69) is 20.8 Å². The van der Waals surface area contributed by atoms with Gasteiger partial charge < -0.3 is 0 Å². The lowest BCUT2D eigenvalue weighted by Gasteiger charge is -2.32. The summed E-state index contributed by atoms with van der Waals surface area (Å²) >= 11 is 0. The fourth-order valence-corrected chi connectivity index (χ4v) is 4.03. The maximum atomic E-state index is 12.1. The van der Waals surface area contributed by atoms with Gasteiger partial charge in [0.25, 0.3) is 0 Å². The van der Waals surface area contributed by atoms with Gasteiger partial charge >= 0.3 is 0 Å². The van der Waals surface area contributed by atoms with Crippen LogP contribution >= 0.6 is 0 Å². The van der Waals surface area contributed by atoms with Gasteiger partial charge in [-0.15, -0.1) is 0 Å². The van der Waals surface area contributed by atoms with E-state index >= 15 is 0 Å². The van der Waals surface area contributed by atoms with Gasteiger partial charge in [0.05, 0.1) is 10.5 Å². The summed E-state index contributed by atoms with van der Waals surface area (Å²) in [7, 11) is -2.99. The Morgan fingerprint density at radius 3 is 1.67 bits per heavy atom. The van der Waals surface area contributed by atoms with Crippen molar-refractivity contribution in [2.45, 2.75) is 59.6 Å². The Bertz CT molecular complexity index is 292. The third-order valence-electron chi connectivity index (χ3n) is 2.35. The predicted octanol–water partition coefficient (Wildman–Crippen LogP) is 3.27. The average Bonchev–Trinajstić information content (AvgIpc) is 1.75. The molecule has 0 fully saturated rings. The summed E-state index contributed by atoms with van der Waals surface area (Å²) < 4.78 is 23.7. The van der Waals surface area contributed by atoms with E-state index in [1.807, 2.05) is 27.7 Å². The lowest BCUT2D eigenvalue weighted by Crippen LogP contribution is -2.38. The van der Waals surface area contributed by atoms with Crippen LogP contribution in [0.1, 0.15) is 54.9 Å². The highest BCUT2D eigenvalue weighted by Crippen LogP contribution is 2.33. The molecule has 3 heteroatoms. The number of sulfone groups is 1. The summed E-state index contributed by atoms with van der Waals surface area (Å²) in [6, 6.07) is 0. The molecule has 0 saturated heterocycles. The zero-order valence-electron chi connectivity index (χ0n) is 11.2. The molecule has 0 aromatic rings. The molecule has 0 saturated carbocycles. The number of hydrogen-bond donors (Lipinski definition) is 0. The molecule has 0 aliphatic heterocycles. The van der Waals surface area contributed by atoms with Crippen molar-refractivity contribution >= 4 is 9.84 Å². The van der Waals surface area contributed by atoms with Crippen molar-refractivity contribution in [2.24, 2.45) is 11.3 Å². The maximum Gasteiger partial charge on any atom is 0.155 e. The SMILES string of the molecule is CC(C)CS(=O)(=O)C(C)(C)CC(C)(C)C. The molecule has 0 aliphatic rings. The first-order chi connectivity index (χ1) is 6.37. The number of hydrogen-bond acceptors (Lipinski definition) is 2. The van der Waals surface area contributed by atoms with Gasteiger partial charge in [-0.3, -0.25) is 0 Å². The first kappa shape index (κ1) is 14.9. The number of rotatable bonds is 4. The molecule has 2 nitrogen and oxygen atoms in total. The van der Waals surface area contributed by atoms with E-state index in [0.29, 0.717) is 6.42 Å². The van der Waals surface area contributed by atoms with E-state index in [9.17, 15) is 8.42 Å². The van der Waals surface area contributed by atoms with Crippen LogP contribution in [-0.4, -0.2) is 18.9 Å². The molecule has 0 aromatic heterocycles. The minimum absolute atomic E-state index is 0.0492. The molecular formula is C12H26O2S. The normalized spacial score (nSPS) is 14.7. The van der Waals surface area contributed by atoms with Crippen LogP contribution in [0.2, 0.25) is 0 Å². The highest BCUT2D eigenvalue weighted by atomic mass is 32.2. The van der Waals surface area contributed by atoms with Crippen LogP contribution in [-0.2, 0) is 9.84 Å². The van der Waals surface area contributed by atoms with Crippen molar-refractivity contribution in [1.82, 2.24) is 0 Å². The van der Waals surface area contributed by atoms with Gasteiger partial charge in [-0.2, -0.15) is 0 Å². The zero-order valence-corrected chi connectivity index (χ0v) is 12.0. The van der Waals surface area contributed by atoms with E-state index in [-0.39, 0.29) is 17.1 Å². The van der Waals surface area contributed by atoms with Crippen molar-refractivity contribution in [3.8, 4) is 0 Å². The van der Waals surface area contributed by atoms with Crippen molar-refractivity contribution in [3.63, 3.8) is 0 Å². The Morgan fingerprint density at radius 2 is 1.40 bits per heavy atom. The van der Waals surface area contributed by atoms with Crippen LogP contribution < -0.4 is 0 Å². The third kappa shape index (κ3) is 5.01. The van der Waals surface area contributed by atoms with Gasteiger partial charge in [-0.25, -0.2) is 8.42 Å². The molecule has 15 heavy (non-hydrogen) atoms. The van der Waals surface area contributed by atoms with Crippen LogP contribution in [0.4, 0.5) is 0 Å². The summed E-state index contributed by atoms with van der Waals surface area (Å²) in [5, 5.41) is 0. The largest absolute Gasteiger partial charge is 0.228 e. The quantitative estimate of drug-likeness (QED) is 0.748. The van der Waals surface area contributed by atoms with Crippen LogP contribution in [0, 0.1) is 11.3 Å². The van der Waals surface area contributed by atoms with Gasteiger partial charge in [-0.05, 0) is 31.6 Å². The van der Waals surface area contributed by atoms with Crippen molar-refractivity contribution in [2.75, 3.05) is 5.75 Å². The lowest BCUT2D eigenvalue weighted by atomic mass is 9.86. The minimum atomic E-state index is -2.99. The zero-order chi connectivity index (χ0) is 12.5. The summed E-state index contributed by atoms with van der Waals surface area (Å²) in [4.78, 5) is 0. The Labute approximate surface area is 95.4 Å². The maximum absolute atomic E-state index is 12.1. The summed E-state index contributed by atoms with van der Waals surface area (Å²) in [5.74, 6) is 0.491. The summed E-state index contributed by atoms with van der Waals surface area (Å²) in [6.45, 7) is 13.8. The minimum Gasteiger partial charge on any atom is -0.228 e. The third-order valence-corrected chi connectivity index (χ3v) is 5.28. The topological polar surface area (TPSA) is 34.1 Å². The predicted molar refractivity (Wildman–Crippen MR) is 66.8 cm³/mol. The first-order valence-electron chi connectivity index (χ1n) is 5.60. The van der Waals surface area contributed by atoms with Crippen molar-refractivity contribution < 1.29 is 8.42 Å². The highest BCUT2D eigenvalue weighted by Gasteiger charge is 2.37. The monoisotopic (exact) mass is 234 g/mol. The smallest absolute Gasteiger partial charge is 0.155 e. The standard InChI is InChI=1S/C12H26O2S/c1-10(2)8-15(13,14)12(6,7)9-11(3,4)5/h10H,8-9H2,1-7H3.